The van der Waals surface area contributed by atoms with Crippen molar-refractivity contribution in [3.05, 3.63) is 12.2 Å². The van der Waals surface area contributed by atoms with E-state index in [9.17, 15) is 4.79 Å². The Kier molecular flexibility index (Phi) is 2.05. The smallest absolute Gasteiger partial charge is 0.312 e. The molecule has 0 saturated carbocycles. The van der Waals surface area contributed by atoms with Crippen LogP contribution in [0.3, 0.4) is 0 Å². The van der Waals surface area contributed by atoms with Crippen LogP contribution in [0.5, 0.6) is 0 Å². The molecule has 0 aliphatic heterocycles. The van der Waals surface area contributed by atoms with Gasteiger partial charge >= 0.3 is 6.03 Å². The van der Waals surface area contributed by atoms with Gasteiger partial charge in [0.1, 0.15) is 6.33 Å². The van der Waals surface area contributed by atoms with Gasteiger partial charge in [0.2, 0.25) is 0 Å². The number of urea groups is 1. The zero-order valence-electron chi connectivity index (χ0n) is 6.11. The number of hydrogen-bond acceptors (Lipinski definition) is 3. The molecule has 0 aromatic carbocycles. The van der Waals surface area contributed by atoms with Crippen molar-refractivity contribution in [3.8, 4) is 0 Å². The van der Waals surface area contributed by atoms with Crippen LogP contribution in [0.2, 0.25) is 0 Å². The van der Waals surface area contributed by atoms with Crippen molar-refractivity contribution in [2.45, 2.75) is 6.54 Å². The number of aryl methyl sites for hydroxylation is 1. The highest BCUT2D eigenvalue weighted by atomic mass is 16.2. The van der Waals surface area contributed by atoms with Crippen LogP contribution in [0.25, 0.3) is 0 Å². The summed E-state index contributed by atoms with van der Waals surface area (Å²) in [6.07, 6.45) is 1.55. The van der Waals surface area contributed by atoms with Gasteiger partial charge in [-0.1, -0.05) is 0 Å². The standard InChI is InChI=1S/C5H9N5O/c1-10-3-8-4(9-10)2-7-5(6)11/h3H,2H2,1H3,(H3,6,7,11). The number of aromatic nitrogens is 3. The van der Waals surface area contributed by atoms with Crippen molar-refractivity contribution in [1.82, 2.24) is 20.1 Å². The summed E-state index contributed by atoms with van der Waals surface area (Å²) in [7, 11) is 1.75. The maximum absolute atomic E-state index is 10.2. The van der Waals surface area contributed by atoms with Gasteiger partial charge in [-0.05, 0) is 0 Å². The van der Waals surface area contributed by atoms with E-state index in [0.717, 1.165) is 0 Å². The van der Waals surface area contributed by atoms with Crippen LogP contribution in [0.1, 0.15) is 5.82 Å². The summed E-state index contributed by atoms with van der Waals surface area (Å²) >= 11 is 0. The Morgan fingerprint density at radius 2 is 2.64 bits per heavy atom. The first-order chi connectivity index (χ1) is 5.18. The van der Waals surface area contributed by atoms with Crippen LogP contribution in [-0.4, -0.2) is 20.8 Å². The second-order valence-corrected chi connectivity index (χ2v) is 2.05. The molecule has 0 radical (unpaired) electrons. The molecular formula is C5H9N5O. The minimum absolute atomic E-state index is 0.274. The fraction of sp³-hybridized carbons (Fsp3) is 0.400. The summed E-state index contributed by atoms with van der Waals surface area (Å²) in [4.78, 5) is 14.1. The van der Waals surface area contributed by atoms with E-state index in [2.05, 4.69) is 15.4 Å². The number of hydrogen-bond donors (Lipinski definition) is 2. The SMILES string of the molecule is Cn1cnc(CNC(N)=O)n1. The van der Waals surface area contributed by atoms with Gasteiger partial charge in [0.05, 0.1) is 6.54 Å². The topological polar surface area (TPSA) is 85.8 Å². The highest BCUT2D eigenvalue weighted by Crippen LogP contribution is 1.85. The zero-order chi connectivity index (χ0) is 8.27. The third-order valence-corrected chi connectivity index (χ3v) is 1.07. The molecule has 0 aliphatic rings. The number of nitrogens with zero attached hydrogens (tertiary/aromatic N) is 3. The predicted octanol–water partition coefficient (Wildman–Crippen LogP) is -1.02. The number of nitrogens with two attached hydrogens (primary N) is 1. The van der Waals surface area contributed by atoms with E-state index in [1.54, 1.807) is 18.1 Å². The Balaban J connectivity index is 2.45. The molecule has 0 aliphatic carbocycles. The van der Waals surface area contributed by atoms with E-state index >= 15 is 0 Å². The first kappa shape index (κ1) is 7.52. The van der Waals surface area contributed by atoms with E-state index in [1.807, 2.05) is 0 Å². The molecule has 0 saturated heterocycles. The zero-order valence-corrected chi connectivity index (χ0v) is 6.11. The lowest BCUT2D eigenvalue weighted by Crippen LogP contribution is -2.29. The number of primary amides is 1. The molecule has 6 nitrogen and oxygen atoms in total. The molecule has 0 fully saturated rings. The van der Waals surface area contributed by atoms with Gasteiger partial charge in [-0.15, -0.1) is 0 Å². The summed E-state index contributed by atoms with van der Waals surface area (Å²) in [5, 5.41) is 6.29. The molecule has 1 aromatic rings. The monoisotopic (exact) mass is 155 g/mol. The number of carbonyl (C=O) groups excluding carboxylic acids is 1. The van der Waals surface area contributed by atoms with Crippen molar-refractivity contribution >= 4 is 6.03 Å². The maximum atomic E-state index is 10.2. The lowest BCUT2D eigenvalue weighted by atomic mass is 10.6. The van der Waals surface area contributed by atoms with Gasteiger partial charge in [-0.25, -0.2) is 9.78 Å². The molecule has 60 valence electrons. The molecule has 1 rings (SSSR count). The van der Waals surface area contributed by atoms with E-state index in [1.165, 1.54) is 0 Å². The quantitative estimate of drug-likeness (QED) is 0.573. The Hall–Kier alpha value is -1.59. The van der Waals surface area contributed by atoms with Gasteiger partial charge in [-0.3, -0.25) is 4.68 Å². The van der Waals surface area contributed by atoms with E-state index in [0.29, 0.717) is 5.82 Å². The third kappa shape index (κ3) is 2.24. The molecule has 6 heteroatoms. The first-order valence-electron chi connectivity index (χ1n) is 3.06. The molecule has 2 amide bonds. The molecule has 1 heterocycles. The number of carbonyl (C=O) groups is 1. The fourth-order valence-corrected chi connectivity index (χ4v) is 0.631. The average molecular weight is 155 g/mol. The molecule has 0 bridgehead atoms. The summed E-state index contributed by atoms with van der Waals surface area (Å²) in [6.45, 7) is 0.274. The summed E-state index contributed by atoms with van der Waals surface area (Å²) in [5.41, 5.74) is 4.83. The molecule has 0 unspecified atom stereocenters. The molecular weight excluding hydrogens is 146 g/mol. The molecule has 11 heavy (non-hydrogen) atoms. The van der Waals surface area contributed by atoms with E-state index < -0.39 is 6.03 Å². The van der Waals surface area contributed by atoms with Crippen LogP contribution in [0, 0.1) is 0 Å². The highest BCUT2D eigenvalue weighted by molar-refractivity contribution is 5.71. The Morgan fingerprint density at radius 1 is 1.91 bits per heavy atom. The Bertz CT molecular complexity index is 255. The largest absolute Gasteiger partial charge is 0.352 e. The normalized spacial score (nSPS) is 9.55. The minimum atomic E-state index is -0.572. The highest BCUT2D eigenvalue weighted by Gasteiger charge is 1.98. The lowest BCUT2D eigenvalue weighted by Gasteiger charge is -1.94. The van der Waals surface area contributed by atoms with Crippen LogP contribution in [-0.2, 0) is 13.6 Å². The maximum Gasteiger partial charge on any atom is 0.312 e. The number of nitrogens with one attached hydrogen (secondary N) is 1. The molecule has 1 aromatic heterocycles. The first-order valence-corrected chi connectivity index (χ1v) is 3.06. The van der Waals surface area contributed by atoms with Crippen LogP contribution < -0.4 is 11.1 Å². The Labute approximate surface area is 63.4 Å². The van der Waals surface area contributed by atoms with Crippen molar-refractivity contribution < 1.29 is 4.79 Å². The van der Waals surface area contributed by atoms with Gasteiger partial charge in [0.15, 0.2) is 5.82 Å². The van der Waals surface area contributed by atoms with Gasteiger partial charge in [0.25, 0.3) is 0 Å². The van der Waals surface area contributed by atoms with E-state index in [4.69, 9.17) is 5.73 Å². The summed E-state index contributed by atoms with van der Waals surface area (Å²) in [5.74, 6) is 0.548. The second kappa shape index (κ2) is 3.00. The van der Waals surface area contributed by atoms with Crippen LogP contribution >= 0.6 is 0 Å². The average Bonchev–Trinajstić information content (AvgIpc) is 2.31. The third-order valence-electron chi connectivity index (χ3n) is 1.07. The van der Waals surface area contributed by atoms with Gasteiger partial charge in [-0.2, -0.15) is 5.10 Å². The van der Waals surface area contributed by atoms with Gasteiger partial charge < -0.3 is 11.1 Å². The van der Waals surface area contributed by atoms with Gasteiger partial charge in [0, 0.05) is 7.05 Å². The lowest BCUT2D eigenvalue weighted by molar-refractivity contribution is 0.248. The number of rotatable bonds is 2. The minimum Gasteiger partial charge on any atom is -0.352 e. The van der Waals surface area contributed by atoms with Crippen molar-refractivity contribution in [2.24, 2.45) is 12.8 Å². The van der Waals surface area contributed by atoms with Crippen molar-refractivity contribution in [1.29, 1.82) is 0 Å². The summed E-state index contributed by atoms with van der Waals surface area (Å²) < 4.78 is 1.55. The number of amides is 2. The second-order valence-electron chi connectivity index (χ2n) is 2.05. The Morgan fingerprint density at radius 3 is 3.09 bits per heavy atom. The van der Waals surface area contributed by atoms with Crippen LogP contribution in [0.15, 0.2) is 6.33 Å². The molecule has 0 atom stereocenters. The van der Waals surface area contributed by atoms with Crippen molar-refractivity contribution in [3.63, 3.8) is 0 Å². The van der Waals surface area contributed by atoms with E-state index in [-0.39, 0.29) is 6.54 Å². The predicted molar refractivity (Wildman–Crippen MR) is 37.4 cm³/mol. The van der Waals surface area contributed by atoms with Crippen LogP contribution in [0.4, 0.5) is 4.79 Å². The van der Waals surface area contributed by atoms with Crippen molar-refractivity contribution in [2.75, 3.05) is 0 Å². The summed E-state index contributed by atoms with van der Waals surface area (Å²) in [6, 6.07) is -0.572. The molecule has 0 spiro atoms. The molecule has 3 N–H and O–H groups in total. The fourth-order valence-electron chi connectivity index (χ4n) is 0.631.